The Labute approximate surface area is 423 Å². The highest BCUT2D eigenvalue weighted by atomic mass is 16.3. The Kier molecular flexibility index (Phi) is 10.2. The van der Waals surface area contributed by atoms with Crippen molar-refractivity contribution in [1.29, 1.82) is 0 Å². The van der Waals surface area contributed by atoms with Gasteiger partial charge in [0.15, 0.2) is 0 Å². The Morgan fingerprint density at radius 3 is 1.12 bits per heavy atom. The second kappa shape index (κ2) is 17.6. The first-order valence-corrected chi connectivity index (χ1v) is 24.9. The summed E-state index contributed by atoms with van der Waals surface area (Å²) in [5, 5.41) is 6.79. The van der Waals surface area contributed by atoms with E-state index in [9.17, 15) is 0 Å². The summed E-state index contributed by atoms with van der Waals surface area (Å²) >= 11 is 0. The van der Waals surface area contributed by atoms with Gasteiger partial charge in [0.25, 0.3) is 0 Å². The van der Waals surface area contributed by atoms with Crippen molar-refractivity contribution in [3.8, 4) is 66.8 Å². The largest absolute Gasteiger partial charge is 0.455 e. The molecule has 14 aromatic rings. The van der Waals surface area contributed by atoms with Crippen LogP contribution in [0.2, 0.25) is 0 Å². The summed E-state index contributed by atoms with van der Waals surface area (Å²) in [6, 6.07) is 98.0. The van der Waals surface area contributed by atoms with Crippen LogP contribution in [-0.2, 0) is 0 Å². The monoisotopic (exact) mass is 931 g/mol. The van der Waals surface area contributed by atoms with E-state index in [1.807, 2.05) is 24.3 Å². The molecule has 0 amide bonds. The van der Waals surface area contributed by atoms with Crippen molar-refractivity contribution in [2.45, 2.75) is 0 Å². The van der Waals surface area contributed by atoms with Crippen LogP contribution in [0.5, 0.6) is 0 Å². The fraction of sp³-hybridized carbons (Fsp3) is 0. The smallest absolute Gasteiger partial charge is 0.143 e. The summed E-state index contributed by atoms with van der Waals surface area (Å²) in [5.74, 6) is 0. The zero-order valence-electron chi connectivity index (χ0n) is 39.7. The third kappa shape index (κ3) is 7.46. The van der Waals surface area contributed by atoms with Crippen LogP contribution in [0.25, 0.3) is 121 Å². The van der Waals surface area contributed by atoms with Gasteiger partial charge in [-0.3, -0.25) is 0 Å². The molecule has 2 heterocycles. The van der Waals surface area contributed by atoms with Crippen LogP contribution >= 0.6 is 0 Å². The molecular formula is C70H45NO2. The lowest BCUT2D eigenvalue weighted by molar-refractivity contribution is 0.669. The molecule has 0 atom stereocenters. The van der Waals surface area contributed by atoms with Gasteiger partial charge in [0, 0.05) is 49.4 Å². The molecule has 0 aliphatic carbocycles. The molecule has 0 bridgehead atoms. The number of rotatable bonds is 9. The molecule has 0 aliphatic heterocycles. The molecule has 0 fully saturated rings. The zero-order chi connectivity index (χ0) is 48.2. The lowest BCUT2D eigenvalue weighted by Crippen LogP contribution is -2.10. The van der Waals surface area contributed by atoms with Gasteiger partial charge in [0.05, 0.1) is 5.69 Å². The van der Waals surface area contributed by atoms with Gasteiger partial charge >= 0.3 is 0 Å². The Morgan fingerprint density at radius 1 is 0.219 bits per heavy atom. The van der Waals surface area contributed by atoms with Crippen LogP contribution < -0.4 is 4.90 Å². The molecule has 342 valence electrons. The normalized spacial score (nSPS) is 11.6. The summed E-state index contributed by atoms with van der Waals surface area (Å²) in [5.41, 5.74) is 20.5. The van der Waals surface area contributed by atoms with Crippen LogP contribution in [0, 0.1) is 0 Å². The number of benzene rings is 12. The molecule has 2 aromatic heterocycles. The first kappa shape index (κ1) is 42.2. The van der Waals surface area contributed by atoms with E-state index in [2.05, 4.69) is 254 Å². The number of para-hydroxylation sites is 4. The highest BCUT2D eigenvalue weighted by Gasteiger charge is 2.21. The van der Waals surface area contributed by atoms with Gasteiger partial charge in [-0.15, -0.1) is 0 Å². The molecule has 0 spiro atoms. The Morgan fingerprint density at radius 2 is 0.603 bits per heavy atom. The Balaban J connectivity index is 0.910. The average Bonchev–Trinajstić information content (AvgIpc) is 4.05. The summed E-state index contributed by atoms with van der Waals surface area (Å²) in [6.07, 6.45) is 0. The van der Waals surface area contributed by atoms with E-state index in [1.54, 1.807) is 0 Å². The molecule has 3 nitrogen and oxygen atoms in total. The molecular weight excluding hydrogens is 887 g/mol. The van der Waals surface area contributed by atoms with E-state index in [-0.39, 0.29) is 0 Å². The van der Waals surface area contributed by atoms with Crippen molar-refractivity contribution in [3.05, 3.63) is 273 Å². The molecule has 3 heteroatoms. The summed E-state index contributed by atoms with van der Waals surface area (Å²) < 4.78 is 13.0. The molecule has 0 N–H and O–H groups in total. The molecule has 73 heavy (non-hydrogen) atoms. The van der Waals surface area contributed by atoms with Gasteiger partial charge in [0.1, 0.15) is 22.3 Å². The number of hydrogen-bond acceptors (Lipinski definition) is 3. The quantitative estimate of drug-likeness (QED) is 0.144. The predicted molar refractivity (Wildman–Crippen MR) is 306 cm³/mol. The standard InChI is InChI=1S/C70H45NO2/c1-3-15-46(16-4-1)48-29-31-49(32-30-48)53-43-52(47-17-5-2-6-18-47)44-54(45-53)57-41-42-66(61-20-8-7-19-60(57)61)71(55-37-33-50(34-38-55)58-23-13-25-64-62-21-9-11-27-67(62)72-69(58)64)56-39-35-51(36-40-56)59-24-14-26-65-63-22-10-12-28-68(63)73-70(59)65/h1-45H. The summed E-state index contributed by atoms with van der Waals surface area (Å²) in [6.45, 7) is 0. The topological polar surface area (TPSA) is 29.5 Å². The fourth-order valence-electron chi connectivity index (χ4n) is 10.9. The van der Waals surface area contributed by atoms with Gasteiger partial charge in [-0.05, 0) is 122 Å². The molecule has 12 aromatic carbocycles. The number of hydrogen-bond donors (Lipinski definition) is 0. The molecule has 0 saturated carbocycles. The van der Waals surface area contributed by atoms with Gasteiger partial charge in [-0.25, -0.2) is 0 Å². The van der Waals surface area contributed by atoms with Gasteiger partial charge in [-0.1, -0.05) is 212 Å². The highest BCUT2D eigenvalue weighted by molar-refractivity contribution is 6.11. The zero-order valence-corrected chi connectivity index (χ0v) is 39.7. The lowest BCUT2D eigenvalue weighted by atomic mass is 9.90. The van der Waals surface area contributed by atoms with E-state index >= 15 is 0 Å². The van der Waals surface area contributed by atoms with Crippen molar-refractivity contribution in [1.82, 2.24) is 0 Å². The van der Waals surface area contributed by atoms with Crippen LogP contribution in [-0.4, -0.2) is 0 Å². The van der Waals surface area contributed by atoms with Crippen molar-refractivity contribution in [2.75, 3.05) is 4.90 Å². The van der Waals surface area contributed by atoms with E-state index in [0.29, 0.717) is 0 Å². The van der Waals surface area contributed by atoms with Crippen LogP contribution in [0.1, 0.15) is 0 Å². The van der Waals surface area contributed by atoms with E-state index in [0.717, 1.165) is 94.1 Å². The van der Waals surface area contributed by atoms with Crippen molar-refractivity contribution in [3.63, 3.8) is 0 Å². The Hall–Kier alpha value is -9.70. The minimum atomic E-state index is 0.892. The van der Waals surface area contributed by atoms with Crippen LogP contribution in [0.4, 0.5) is 17.1 Å². The fourth-order valence-corrected chi connectivity index (χ4v) is 10.9. The van der Waals surface area contributed by atoms with Gasteiger partial charge in [-0.2, -0.15) is 0 Å². The average molecular weight is 932 g/mol. The van der Waals surface area contributed by atoms with Crippen molar-refractivity contribution >= 4 is 71.7 Å². The third-order valence-corrected chi connectivity index (χ3v) is 14.5. The van der Waals surface area contributed by atoms with E-state index < -0.39 is 0 Å². The van der Waals surface area contributed by atoms with Crippen LogP contribution in [0.15, 0.2) is 282 Å². The molecule has 0 aliphatic rings. The first-order chi connectivity index (χ1) is 36.2. The number of furan rings is 2. The lowest BCUT2D eigenvalue weighted by Gasteiger charge is -2.28. The predicted octanol–water partition coefficient (Wildman–Crippen LogP) is 20.1. The maximum Gasteiger partial charge on any atom is 0.143 e. The van der Waals surface area contributed by atoms with E-state index in [1.165, 1.54) is 44.3 Å². The number of nitrogens with zero attached hydrogens (tertiary/aromatic N) is 1. The molecule has 14 rings (SSSR count). The van der Waals surface area contributed by atoms with Crippen molar-refractivity contribution < 1.29 is 8.83 Å². The third-order valence-electron chi connectivity index (χ3n) is 14.5. The molecule has 0 unspecified atom stereocenters. The molecule has 0 saturated heterocycles. The van der Waals surface area contributed by atoms with Crippen molar-refractivity contribution in [2.24, 2.45) is 0 Å². The first-order valence-electron chi connectivity index (χ1n) is 24.9. The van der Waals surface area contributed by atoms with Crippen LogP contribution in [0.3, 0.4) is 0 Å². The second-order valence-electron chi connectivity index (χ2n) is 18.8. The summed E-state index contributed by atoms with van der Waals surface area (Å²) in [4.78, 5) is 2.39. The second-order valence-corrected chi connectivity index (χ2v) is 18.8. The summed E-state index contributed by atoms with van der Waals surface area (Å²) in [7, 11) is 0. The highest BCUT2D eigenvalue weighted by Crippen LogP contribution is 2.46. The number of fused-ring (bicyclic) bond motifs is 7. The minimum Gasteiger partial charge on any atom is -0.455 e. The minimum absolute atomic E-state index is 0.892. The van der Waals surface area contributed by atoms with Gasteiger partial charge in [0.2, 0.25) is 0 Å². The van der Waals surface area contributed by atoms with Gasteiger partial charge < -0.3 is 13.7 Å². The maximum absolute atomic E-state index is 6.51. The molecule has 0 radical (unpaired) electrons. The van der Waals surface area contributed by atoms with E-state index in [4.69, 9.17) is 8.83 Å². The maximum atomic E-state index is 6.51. The SMILES string of the molecule is c1ccc(-c2ccc(-c3cc(-c4ccccc4)cc(-c4ccc(N(c5ccc(-c6cccc7c6oc6ccccc67)cc5)c5ccc(-c6cccc7c6oc6ccccc67)cc5)c5ccccc45)c3)cc2)cc1. The Bertz CT molecular complexity index is 4180. The number of anilines is 3.